The van der Waals surface area contributed by atoms with E-state index in [1.165, 1.54) is 12.1 Å². The number of fused-ring (bicyclic) bond motifs is 1. The van der Waals surface area contributed by atoms with Crippen LogP contribution in [0.3, 0.4) is 0 Å². The molecule has 0 aliphatic rings. The van der Waals surface area contributed by atoms with Gasteiger partial charge in [-0.3, -0.25) is 0 Å². The van der Waals surface area contributed by atoms with E-state index in [2.05, 4.69) is 47.0 Å². The van der Waals surface area contributed by atoms with Crippen LogP contribution in [0.25, 0.3) is 22.2 Å². The zero-order valence-corrected chi connectivity index (χ0v) is 15.2. The highest BCUT2D eigenvalue weighted by molar-refractivity contribution is 9.10. The molecule has 24 heavy (non-hydrogen) atoms. The van der Waals surface area contributed by atoms with Gasteiger partial charge in [-0.05, 0) is 45.6 Å². The minimum Gasteiger partial charge on any atom is -0.244 e. The molecule has 3 aromatic rings. The maximum absolute atomic E-state index is 14.2. The second-order valence-corrected chi connectivity index (χ2v) is 7.70. The minimum atomic E-state index is -0.379. The third-order valence-electron chi connectivity index (χ3n) is 3.64. The van der Waals surface area contributed by atoms with Crippen molar-refractivity contribution in [1.29, 1.82) is 5.26 Å². The first-order chi connectivity index (χ1) is 11.3. The van der Waals surface area contributed by atoms with E-state index >= 15 is 0 Å². The lowest BCUT2D eigenvalue weighted by Crippen LogP contribution is -2.16. The predicted octanol–water partition coefficient (Wildman–Crippen LogP) is 4.92. The average molecular weight is 387 g/mol. The molecule has 0 spiro atoms. The van der Waals surface area contributed by atoms with Crippen LogP contribution in [0.15, 0.2) is 34.8 Å². The van der Waals surface area contributed by atoms with Gasteiger partial charge in [-0.25, -0.2) is 9.07 Å². The molecule has 1 heterocycles. The van der Waals surface area contributed by atoms with Crippen molar-refractivity contribution < 1.29 is 4.39 Å². The SMILES string of the molecule is CC(C)(C)Cn1nnc2c(Br)c(-c3cc(C#N)ccc3F)ccc21. The lowest BCUT2D eigenvalue weighted by atomic mass is 9.97. The topological polar surface area (TPSA) is 54.5 Å². The molecule has 0 unspecified atom stereocenters. The molecule has 3 rings (SSSR count). The molecule has 0 atom stereocenters. The number of aromatic nitrogens is 3. The Balaban J connectivity index is 2.16. The Morgan fingerprint density at radius 2 is 1.96 bits per heavy atom. The summed E-state index contributed by atoms with van der Waals surface area (Å²) in [6.07, 6.45) is 0. The largest absolute Gasteiger partial charge is 0.244 e. The van der Waals surface area contributed by atoms with Crippen LogP contribution in [0.5, 0.6) is 0 Å². The van der Waals surface area contributed by atoms with Gasteiger partial charge in [-0.2, -0.15) is 5.26 Å². The first-order valence-electron chi connectivity index (χ1n) is 7.52. The molecule has 0 saturated heterocycles. The highest BCUT2D eigenvalue weighted by atomic mass is 79.9. The normalized spacial score (nSPS) is 11.7. The molecule has 0 aliphatic heterocycles. The van der Waals surface area contributed by atoms with Crippen LogP contribution in [-0.2, 0) is 6.54 Å². The maximum Gasteiger partial charge on any atom is 0.131 e. The summed E-state index contributed by atoms with van der Waals surface area (Å²) in [5.41, 5.74) is 3.07. The Hall–Kier alpha value is -2.26. The molecular weight excluding hydrogens is 371 g/mol. The first-order valence-corrected chi connectivity index (χ1v) is 8.31. The summed E-state index contributed by atoms with van der Waals surface area (Å²) in [6, 6.07) is 10.1. The van der Waals surface area contributed by atoms with E-state index < -0.39 is 0 Å². The standard InChI is InChI=1S/C18H16BrFN4/c1-18(2,3)10-24-15-7-5-12(16(19)17(15)22-23-24)13-8-11(9-21)4-6-14(13)20/h4-8H,10H2,1-3H3. The van der Waals surface area contributed by atoms with Crippen molar-refractivity contribution in [2.24, 2.45) is 5.41 Å². The first kappa shape index (κ1) is 16.6. The molecule has 0 fully saturated rings. The van der Waals surface area contributed by atoms with Crippen LogP contribution in [0.4, 0.5) is 4.39 Å². The maximum atomic E-state index is 14.2. The molecule has 1 aromatic heterocycles. The fraction of sp³-hybridized carbons (Fsp3) is 0.278. The fourth-order valence-electron chi connectivity index (χ4n) is 2.58. The van der Waals surface area contributed by atoms with E-state index in [9.17, 15) is 4.39 Å². The van der Waals surface area contributed by atoms with E-state index in [1.807, 2.05) is 22.9 Å². The Bertz CT molecular complexity index is 964. The van der Waals surface area contributed by atoms with Gasteiger partial charge in [0, 0.05) is 17.7 Å². The minimum absolute atomic E-state index is 0.0685. The van der Waals surface area contributed by atoms with Crippen LogP contribution in [0.2, 0.25) is 0 Å². The molecule has 0 amide bonds. The molecule has 0 aliphatic carbocycles. The summed E-state index contributed by atoms with van der Waals surface area (Å²) in [5.74, 6) is -0.379. The second kappa shape index (κ2) is 5.99. The summed E-state index contributed by atoms with van der Waals surface area (Å²) in [5, 5.41) is 17.5. The van der Waals surface area contributed by atoms with E-state index in [1.54, 1.807) is 6.07 Å². The highest BCUT2D eigenvalue weighted by Crippen LogP contribution is 2.35. The monoisotopic (exact) mass is 386 g/mol. The van der Waals surface area contributed by atoms with Gasteiger partial charge >= 0.3 is 0 Å². The second-order valence-electron chi connectivity index (χ2n) is 6.91. The summed E-state index contributed by atoms with van der Waals surface area (Å²) in [7, 11) is 0. The van der Waals surface area contributed by atoms with Gasteiger partial charge in [-0.1, -0.05) is 32.1 Å². The number of hydrogen-bond donors (Lipinski definition) is 0. The Labute approximate surface area is 148 Å². The van der Waals surface area contributed by atoms with Gasteiger partial charge in [0.1, 0.15) is 11.3 Å². The molecule has 122 valence electrons. The van der Waals surface area contributed by atoms with E-state index in [0.717, 1.165) is 12.1 Å². The smallest absolute Gasteiger partial charge is 0.131 e. The fourth-order valence-corrected chi connectivity index (χ4v) is 3.21. The molecule has 0 saturated carbocycles. The van der Waals surface area contributed by atoms with E-state index in [0.29, 0.717) is 26.7 Å². The Morgan fingerprint density at radius 1 is 1.21 bits per heavy atom. The Morgan fingerprint density at radius 3 is 2.62 bits per heavy atom. The van der Waals surface area contributed by atoms with Crippen LogP contribution in [0, 0.1) is 22.6 Å². The van der Waals surface area contributed by atoms with E-state index in [-0.39, 0.29) is 11.2 Å². The van der Waals surface area contributed by atoms with Gasteiger partial charge in [0.05, 0.1) is 21.6 Å². The zero-order valence-electron chi connectivity index (χ0n) is 13.6. The summed E-state index contributed by atoms with van der Waals surface area (Å²) in [4.78, 5) is 0. The number of nitrogens with zero attached hydrogens (tertiary/aromatic N) is 4. The number of nitriles is 1. The lowest BCUT2D eigenvalue weighted by molar-refractivity contribution is 0.327. The van der Waals surface area contributed by atoms with Gasteiger partial charge < -0.3 is 0 Å². The number of benzene rings is 2. The summed E-state index contributed by atoms with van der Waals surface area (Å²) < 4.78 is 16.8. The van der Waals surface area contributed by atoms with Gasteiger partial charge in [0.2, 0.25) is 0 Å². The van der Waals surface area contributed by atoms with Crippen molar-refractivity contribution in [3.05, 3.63) is 46.2 Å². The van der Waals surface area contributed by atoms with Crippen molar-refractivity contribution in [3.63, 3.8) is 0 Å². The van der Waals surface area contributed by atoms with Crippen LogP contribution in [-0.4, -0.2) is 15.0 Å². The van der Waals surface area contributed by atoms with Gasteiger partial charge in [0.25, 0.3) is 0 Å². The molecule has 6 heteroatoms. The molecule has 0 bridgehead atoms. The van der Waals surface area contributed by atoms with Gasteiger partial charge in [0.15, 0.2) is 0 Å². The highest BCUT2D eigenvalue weighted by Gasteiger charge is 2.18. The Kier molecular flexibility index (Phi) is 4.14. The quantitative estimate of drug-likeness (QED) is 0.627. The zero-order chi connectivity index (χ0) is 17.5. The molecule has 2 aromatic carbocycles. The van der Waals surface area contributed by atoms with Crippen LogP contribution >= 0.6 is 15.9 Å². The van der Waals surface area contributed by atoms with Crippen molar-refractivity contribution in [3.8, 4) is 17.2 Å². The average Bonchev–Trinajstić information content (AvgIpc) is 2.91. The van der Waals surface area contributed by atoms with Crippen molar-refractivity contribution in [2.45, 2.75) is 27.3 Å². The number of rotatable bonds is 2. The summed E-state index contributed by atoms with van der Waals surface area (Å²) >= 11 is 3.53. The third kappa shape index (κ3) is 3.04. The molecular formula is C18H16BrFN4. The van der Waals surface area contributed by atoms with E-state index in [4.69, 9.17) is 5.26 Å². The number of halogens is 2. The lowest BCUT2D eigenvalue weighted by Gasteiger charge is -2.18. The molecule has 0 N–H and O–H groups in total. The van der Waals surface area contributed by atoms with Gasteiger partial charge in [-0.15, -0.1) is 5.10 Å². The van der Waals surface area contributed by atoms with Crippen molar-refractivity contribution in [2.75, 3.05) is 0 Å². The predicted molar refractivity (Wildman–Crippen MR) is 94.8 cm³/mol. The van der Waals surface area contributed by atoms with Crippen molar-refractivity contribution in [1.82, 2.24) is 15.0 Å². The third-order valence-corrected chi connectivity index (χ3v) is 4.44. The summed E-state index contributed by atoms with van der Waals surface area (Å²) in [6.45, 7) is 7.12. The van der Waals surface area contributed by atoms with Crippen LogP contribution in [0.1, 0.15) is 26.3 Å². The van der Waals surface area contributed by atoms with Crippen LogP contribution < -0.4 is 0 Å². The molecule has 4 nitrogen and oxygen atoms in total. The molecule has 0 radical (unpaired) electrons. The van der Waals surface area contributed by atoms with Crippen molar-refractivity contribution >= 4 is 27.0 Å². The number of hydrogen-bond acceptors (Lipinski definition) is 3.